The van der Waals surface area contributed by atoms with E-state index in [1.807, 2.05) is 6.92 Å². The molecule has 18 heavy (non-hydrogen) atoms. The van der Waals surface area contributed by atoms with Crippen molar-refractivity contribution in [3.63, 3.8) is 0 Å². The molecule has 0 bridgehead atoms. The molecule has 5 nitrogen and oxygen atoms in total. The minimum Gasteiger partial charge on any atom is -0.399 e. The standard InChI is InChI=1S/C12H20N2O3S/c1-9-7-11(13)8-12(10(9)2)18(16,17)14-5-3-4-6-15/h7-8,14-15H,3-6,13H2,1-2H3. The van der Waals surface area contributed by atoms with Gasteiger partial charge in [0.15, 0.2) is 0 Å². The van der Waals surface area contributed by atoms with Crippen LogP contribution in [-0.4, -0.2) is 26.7 Å². The summed E-state index contributed by atoms with van der Waals surface area (Å²) in [4.78, 5) is 0.226. The Hall–Kier alpha value is -1.11. The fourth-order valence-electron chi connectivity index (χ4n) is 1.65. The van der Waals surface area contributed by atoms with Crippen LogP contribution in [-0.2, 0) is 10.0 Å². The van der Waals surface area contributed by atoms with Gasteiger partial charge in [0.1, 0.15) is 0 Å². The first-order valence-electron chi connectivity index (χ1n) is 5.85. The Kier molecular flexibility index (Phi) is 5.13. The topological polar surface area (TPSA) is 92.4 Å². The average molecular weight is 272 g/mol. The molecule has 4 N–H and O–H groups in total. The third-order valence-corrected chi connectivity index (χ3v) is 4.40. The quantitative estimate of drug-likeness (QED) is 0.531. The van der Waals surface area contributed by atoms with E-state index in [0.29, 0.717) is 30.6 Å². The fraction of sp³-hybridized carbons (Fsp3) is 0.500. The molecule has 1 rings (SSSR count). The first-order chi connectivity index (χ1) is 8.38. The van der Waals surface area contributed by atoms with Crippen LogP contribution in [0.2, 0.25) is 0 Å². The third-order valence-electron chi connectivity index (χ3n) is 2.81. The van der Waals surface area contributed by atoms with Gasteiger partial charge in [-0.05, 0) is 49.9 Å². The molecule has 0 amide bonds. The molecule has 102 valence electrons. The van der Waals surface area contributed by atoms with Crippen molar-refractivity contribution < 1.29 is 13.5 Å². The Morgan fingerprint density at radius 1 is 1.28 bits per heavy atom. The number of nitrogens with two attached hydrogens (primary N) is 1. The molecule has 0 atom stereocenters. The lowest BCUT2D eigenvalue weighted by molar-refractivity contribution is 0.285. The minimum absolute atomic E-state index is 0.0676. The summed E-state index contributed by atoms with van der Waals surface area (Å²) < 4.78 is 26.7. The van der Waals surface area contributed by atoms with Gasteiger partial charge in [-0.25, -0.2) is 13.1 Å². The summed E-state index contributed by atoms with van der Waals surface area (Å²) in [5, 5.41) is 8.64. The van der Waals surface area contributed by atoms with Gasteiger partial charge in [0.05, 0.1) is 4.90 Å². The Morgan fingerprint density at radius 2 is 1.94 bits per heavy atom. The zero-order valence-corrected chi connectivity index (χ0v) is 11.5. The maximum atomic E-state index is 12.1. The van der Waals surface area contributed by atoms with Gasteiger partial charge in [0.2, 0.25) is 10.0 Å². The molecule has 0 aliphatic heterocycles. The van der Waals surface area contributed by atoms with Crippen molar-refractivity contribution in [3.8, 4) is 0 Å². The van der Waals surface area contributed by atoms with E-state index in [9.17, 15) is 8.42 Å². The molecule has 0 aliphatic rings. The molecule has 0 saturated heterocycles. The van der Waals surface area contributed by atoms with Crippen LogP contribution in [0, 0.1) is 13.8 Å². The number of rotatable bonds is 6. The number of benzene rings is 1. The van der Waals surface area contributed by atoms with Crippen molar-refractivity contribution in [1.82, 2.24) is 4.72 Å². The van der Waals surface area contributed by atoms with Crippen molar-refractivity contribution in [3.05, 3.63) is 23.3 Å². The van der Waals surface area contributed by atoms with E-state index in [-0.39, 0.29) is 11.5 Å². The lowest BCUT2D eigenvalue weighted by atomic mass is 10.1. The Bertz CT molecular complexity index is 512. The van der Waals surface area contributed by atoms with E-state index in [1.54, 1.807) is 13.0 Å². The van der Waals surface area contributed by atoms with Crippen LogP contribution in [0.5, 0.6) is 0 Å². The summed E-state index contributed by atoms with van der Waals surface area (Å²) in [5.41, 5.74) is 7.67. The van der Waals surface area contributed by atoms with Gasteiger partial charge >= 0.3 is 0 Å². The monoisotopic (exact) mass is 272 g/mol. The molecule has 0 aliphatic carbocycles. The smallest absolute Gasteiger partial charge is 0.240 e. The molecule has 1 aromatic carbocycles. The van der Waals surface area contributed by atoms with Crippen molar-refractivity contribution >= 4 is 15.7 Å². The fourth-order valence-corrected chi connectivity index (χ4v) is 3.08. The molecule has 6 heteroatoms. The van der Waals surface area contributed by atoms with Gasteiger partial charge in [0, 0.05) is 18.8 Å². The number of hydrogen-bond acceptors (Lipinski definition) is 4. The summed E-state index contributed by atoms with van der Waals surface area (Å²) in [6.45, 7) is 3.97. The van der Waals surface area contributed by atoms with Crippen LogP contribution in [0.15, 0.2) is 17.0 Å². The van der Waals surface area contributed by atoms with E-state index in [1.165, 1.54) is 6.07 Å². The molecule has 0 aromatic heterocycles. The van der Waals surface area contributed by atoms with Crippen molar-refractivity contribution in [1.29, 1.82) is 0 Å². The minimum atomic E-state index is -3.53. The highest BCUT2D eigenvalue weighted by molar-refractivity contribution is 7.89. The first-order valence-corrected chi connectivity index (χ1v) is 7.34. The zero-order valence-electron chi connectivity index (χ0n) is 10.7. The van der Waals surface area contributed by atoms with E-state index in [2.05, 4.69) is 4.72 Å². The third kappa shape index (κ3) is 3.69. The number of anilines is 1. The van der Waals surface area contributed by atoms with Crippen LogP contribution in [0.1, 0.15) is 24.0 Å². The van der Waals surface area contributed by atoms with Gasteiger partial charge in [-0.15, -0.1) is 0 Å². The van der Waals surface area contributed by atoms with E-state index in [4.69, 9.17) is 10.8 Å². The second kappa shape index (κ2) is 6.17. The molecular weight excluding hydrogens is 252 g/mol. The highest BCUT2D eigenvalue weighted by atomic mass is 32.2. The number of aryl methyl sites for hydroxylation is 1. The predicted octanol–water partition coefficient (Wildman–Crippen LogP) is 0.936. The van der Waals surface area contributed by atoms with Crippen LogP contribution in [0.25, 0.3) is 0 Å². The lowest BCUT2D eigenvalue weighted by Gasteiger charge is -2.12. The number of sulfonamides is 1. The van der Waals surface area contributed by atoms with Crippen LogP contribution >= 0.6 is 0 Å². The summed E-state index contributed by atoms with van der Waals surface area (Å²) in [6.07, 6.45) is 1.19. The maximum Gasteiger partial charge on any atom is 0.240 e. The molecule has 1 aromatic rings. The summed E-state index contributed by atoms with van der Waals surface area (Å²) in [5.74, 6) is 0. The summed E-state index contributed by atoms with van der Waals surface area (Å²) in [6, 6.07) is 3.22. The molecule has 0 spiro atoms. The number of hydrogen-bond donors (Lipinski definition) is 3. The second-order valence-electron chi connectivity index (χ2n) is 4.29. The van der Waals surface area contributed by atoms with E-state index < -0.39 is 10.0 Å². The largest absolute Gasteiger partial charge is 0.399 e. The maximum absolute atomic E-state index is 12.1. The number of unbranched alkanes of at least 4 members (excludes halogenated alkanes) is 1. The van der Waals surface area contributed by atoms with Crippen LogP contribution in [0.4, 0.5) is 5.69 Å². The SMILES string of the molecule is Cc1cc(N)cc(S(=O)(=O)NCCCCO)c1C. The van der Waals surface area contributed by atoms with E-state index >= 15 is 0 Å². The number of aliphatic hydroxyl groups excluding tert-OH is 1. The van der Waals surface area contributed by atoms with Crippen molar-refractivity contribution in [2.24, 2.45) is 0 Å². The van der Waals surface area contributed by atoms with Crippen molar-refractivity contribution in [2.45, 2.75) is 31.6 Å². The van der Waals surface area contributed by atoms with Crippen LogP contribution < -0.4 is 10.5 Å². The highest BCUT2D eigenvalue weighted by Gasteiger charge is 2.17. The predicted molar refractivity (Wildman–Crippen MR) is 71.8 cm³/mol. The molecule has 0 heterocycles. The Balaban J connectivity index is 2.91. The molecule has 0 unspecified atom stereocenters. The summed E-state index contributed by atoms with van der Waals surface area (Å²) in [7, 11) is -3.53. The second-order valence-corrected chi connectivity index (χ2v) is 6.02. The normalized spacial score (nSPS) is 11.7. The highest BCUT2D eigenvalue weighted by Crippen LogP contribution is 2.22. The average Bonchev–Trinajstić information content (AvgIpc) is 2.29. The first kappa shape index (κ1) is 14.9. The number of nitrogen functional groups attached to an aromatic ring is 1. The van der Waals surface area contributed by atoms with Gasteiger partial charge in [-0.1, -0.05) is 0 Å². The Labute approximate surface area is 108 Å². The number of aliphatic hydroxyl groups is 1. The zero-order chi connectivity index (χ0) is 13.8. The molecular formula is C12H20N2O3S. The molecule has 0 fully saturated rings. The molecule has 0 saturated carbocycles. The van der Waals surface area contributed by atoms with E-state index in [0.717, 1.165) is 5.56 Å². The van der Waals surface area contributed by atoms with Gasteiger partial charge in [-0.3, -0.25) is 0 Å². The van der Waals surface area contributed by atoms with Gasteiger partial charge in [0.25, 0.3) is 0 Å². The Morgan fingerprint density at radius 3 is 2.56 bits per heavy atom. The molecule has 0 radical (unpaired) electrons. The van der Waals surface area contributed by atoms with Crippen LogP contribution in [0.3, 0.4) is 0 Å². The number of nitrogens with one attached hydrogen (secondary N) is 1. The lowest BCUT2D eigenvalue weighted by Crippen LogP contribution is -2.26. The summed E-state index contributed by atoms with van der Waals surface area (Å²) >= 11 is 0. The van der Waals surface area contributed by atoms with Crippen molar-refractivity contribution in [2.75, 3.05) is 18.9 Å². The van der Waals surface area contributed by atoms with Gasteiger partial charge in [-0.2, -0.15) is 0 Å². The van der Waals surface area contributed by atoms with Gasteiger partial charge < -0.3 is 10.8 Å².